The number of carbonyl (C=O) groups excluding carboxylic acids is 2. The molecule has 160 valence electrons. The van der Waals surface area contributed by atoms with Gasteiger partial charge in [0.2, 0.25) is 5.91 Å². The molecule has 2 aliphatic heterocycles. The molecule has 0 bridgehead atoms. The first kappa shape index (κ1) is 21.5. The van der Waals surface area contributed by atoms with Gasteiger partial charge in [-0.3, -0.25) is 9.59 Å². The Hall–Kier alpha value is -2.19. The summed E-state index contributed by atoms with van der Waals surface area (Å²) >= 11 is 0. The lowest BCUT2D eigenvalue weighted by molar-refractivity contribution is -0.142. The van der Waals surface area contributed by atoms with E-state index in [0.717, 1.165) is 25.5 Å². The van der Waals surface area contributed by atoms with Crippen LogP contribution in [0.1, 0.15) is 36.0 Å². The fourth-order valence-corrected chi connectivity index (χ4v) is 4.58. The highest BCUT2D eigenvalue weighted by atomic mass is 19.1. The number of ether oxygens (including phenoxy) is 1. The van der Waals surface area contributed by atoms with E-state index < -0.39 is 11.2 Å². The molecule has 0 unspecified atom stereocenters. The number of likely N-dealkylation sites (tertiary alicyclic amines) is 2. The zero-order chi connectivity index (χ0) is 21.0. The number of piperidine rings is 2. The molecular weight excluding hydrogens is 377 g/mol. The van der Waals surface area contributed by atoms with E-state index >= 15 is 0 Å². The van der Waals surface area contributed by atoms with Crippen LogP contribution in [0.2, 0.25) is 0 Å². The second-order valence-corrected chi connectivity index (χ2v) is 8.05. The molecule has 29 heavy (non-hydrogen) atoms. The Labute approximate surface area is 170 Å². The molecule has 2 saturated heterocycles. The lowest BCUT2D eigenvalue weighted by Gasteiger charge is -2.53. The van der Waals surface area contributed by atoms with Crippen LogP contribution in [0.5, 0.6) is 5.75 Å². The van der Waals surface area contributed by atoms with Crippen molar-refractivity contribution >= 4 is 11.8 Å². The number of rotatable bonds is 6. The van der Waals surface area contributed by atoms with Crippen LogP contribution in [0.15, 0.2) is 18.2 Å². The van der Waals surface area contributed by atoms with Crippen molar-refractivity contribution in [3.63, 3.8) is 0 Å². The third-order valence-electron chi connectivity index (χ3n) is 6.17. The summed E-state index contributed by atoms with van der Waals surface area (Å²) in [6.07, 6.45) is 2.83. The minimum Gasteiger partial charge on any atom is -0.507 e. The van der Waals surface area contributed by atoms with Crippen molar-refractivity contribution in [1.82, 2.24) is 15.1 Å². The van der Waals surface area contributed by atoms with E-state index in [9.17, 15) is 19.1 Å². The average molecular weight is 407 g/mol. The summed E-state index contributed by atoms with van der Waals surface area (Å²) in [7, 11) is 3.61. The number of phenolic OH excluding ortho intramolecular Hbond substituents is 1. The second-order valence-electron chi connectivity index (χ2n) is 8.05. The molecule has 2 fully saturated rings. The normalized spacial score (nSPS) is 24.8. The summed E-state index contributed by atoms with van der Waals surface area (Å²) in [5.41, 5.74) is -0.584. The number of carbonyl (C=O) groups is 2. The van der Waals surface area contributed by atoms with E-state index in [1.54, 1.807) is 12.0 Å². The van der Waals surface area contributed by atoms with Gasteiger partial charge in [0.05, 0.1) is 17.0 Å². The monoisotopic (exact) mass is 407 g/mol. The molecule has 1 aromatic rings. The minimum absolute atomic E-state index is 0.0208. The van der Waals surface area contributed by atoms with Gasteiger partial charge in [-0.1, -0.05) is 0 Å². The third-order valence-corrected chi connectivity index (χ3v) is 6.17. The van der Waals surface area contributed by atoms with Crippen LogP contribution in [-0.4, -0.2) is 79.7 Å². The van der Waals surface area contributed by atoms with Crippen molar-refractivity contribution in [2.24, 2.45) is 5.41 Å². The molecular formula is C21H30FN3O4. The number of methoxy groups -OCH3 is 1. The van der Waals surface area contributed by atoms with Crippen LogP contribution < -0.4 is 5.32 Å². The number of hydrogen-bond acceptors (Lipinski definition) is 5. The summed E-state index contributed by atoms with van der Waals surface area (Å²) in [5, 5.41) is 13.1. The molecule has 2 heterocycles. The number of amides is 2. The van der Waals surface area contributed by atoms with E-state index in [2.05, 4.69) is 10.2 Å². The summed E-state index contributed by atoms with van der Waals surface area (Å²) in [4.78, 5) is 30.3. The lowest BCUT2D eigenvalue weighted by atomic mass is 9.67. The Bertz CT molecular complexity index is 759. The van der Waals surface area contributed by atoms with Crippen LogP contribution in [-0.2, 0) is 9.53 Å². The predicted octanol–water partition coefficient (Wildman–Crippen LogP) is 1.61. The van der Waals surface area contributed by atoms with Crippen LogP contribution >= 0.6 is 0 Å². The maximum atomic E-state index is 13.4. The standard InChI is InChI=1S/C21H30FN3O4/c1-24-11-8-21(20(28)23-9-4-12-29-2)7-3-10-25(18(21)14-24)19(27)16-6-5-15(22)13-17(16)26/h5-6,13,18,26H,3-4,7-12,14H2,1-2H3,(H,23,28)/t18-,21+/m0/s1. The molecule has 7 nitrogen and oxygen atoms in total. The number of nitrogens with zero attached hydrogens (tertiary/aromatic N) is 2. The number of phenols is 1. The van der Waals surface area contributed by atoms with Gasteiger partial charge in [-0.2, -0.15) is 0 Å². The van der Waals surface area contributed by atoms with Crippen LogP contribution in [0.25, 0.3) is 0 Å². The Morgan fingerprint density at radius 1 is 1.34 bits per heavy atom. The number of hydrogen-bond donors (Lipinski definition) is 2. The minimum atomic E-state index is -0.650. The van der Waals surface area contributed by atoms with Gasteiger partial charge in [0, 0.05) is 39.4 Å². The third kappa shape index (κ3) is 4.38. The Morgan fingerprint density at radius 2 is 2.14 bits per heavy atom. The number of halogens is 1. The molecule has 0 radical (unpaired) electrons. The summed E-state index contributed by atoms with van der Waals surface area (Å²) in [5.74, 6) is -1.36. The van der Waals surface area contributed by atoms with Gasteiger partial charge in [0.25, 0.3) is 5.91 Å². The highest BCUT2D eigenvalue weighted by Gasteiger charge is 2.53. The van der Waals surface area contributed by atoms with Gasteiger partial charge in [-0.15, -0.1) is 0 Å². The van der Waals surface area contributed by atoms with Gasteiger partial charge in [0.1, 0.15) is 11.6 Å². The SMILES string of the molecule is COCCCNC(=O)[C@@]12CCCN(C(=O)c3ccc(F)cc3O)[C@H]1CN(C)CC2. The maximum Gasteiger partial charge on any atom is 0.257 e. The number of likely N-dealkylation sites (N-methyl/N-ethyl adjacent to an activating group) is 1. The molecule has 3 rings (SSSR count). The van der Waals surface area contributed by atoms with Gasteiger partial charge in [-0.05, 0) is 51.4 Å². The quantitative estimate of drug-likeness (QED) is 0.701. The zero-order valence-electron chi connectivity index (χ0n) is 17.1. The largest absolute Gasteiger partial charge is 0.507 e. The highest BCUT2D eigenvalue weighted by Crippen LogP contribution is 2.43. The van der Waals surface area contributed by atoms with Gasteiger partial charge < -0.3 is 25.0 Å². The number of fused-ring (bicyclic) bond motifs is 1. The van der Waals surface area contributed by atoms with Crippen molar-refractivity contribution in [2.75, 3.05) is 46.9 Å². The summed E-state index contributed by atoms with van der Waals surface area (Å²) in [6.45, 7) is 2.98. The molecule has 0 aliphatic carbocycles. The molecule has 0 spiro atoms. The molecule has 2 amide bonds. The van der Waals surface area contributed by atoms with Crippen LogP contribution in [0.3, 0.4) is 0 Å². The van der Waals surface area contributed by atoms with Gasteiger partial charge in [0.15, 0.2) is 0 Å². The van der Waals surface area contributed by atoms with Crippen molar-refractivity contribution < 1.29 is 23.8 Å². The van der Waals surface area contributed by atoms with E-state index in [1.165, 1.54) is 12.1 Å². The van der Waals surface area contributed by atoms with Crippen LogP contribution in [0.4, 0.5) is 4.39 Å². The van der Waals surface area contributed by atoms with Crippen molar-refractivity contribution in [2.45, 2.75) is 31.7 Å². The average Bonchev–Trinajstić information content (AvgIpc) is 2.70. The van der Waals surface area contributed by atoms with Gasteiger partial charge in [-0.25, -0.2) is 4.39 Å². The molecule has 2 atom stereocenters. The van der Waals surface area contributed by atoms with E-state index in [1.807, 2.05) is 7.05 Å². The fraction of sp³-hybridized carbons (Fsp3) is 0.619. The topological polar surface area (TPSA) is 82.1 Å². The van der Waals surface area contributed by atoms with E-state index in [-0.39, 0.29) is 29.2 Å². The molecule has 2 aliphatic rings. The second kappa shape index (κ2) is 9.09. The lowest BCUT2D eigenvalue weighted by Crippen LogP contribution is -2.66. The van der Waals surface area contributed by atoms with Crippen molar-refractivity contribution in [1.29, 1.82) is 0 Å². The number of aromatic hydroxyl groups is 1. The zero-order valence-corrected chi connectivity index (χ0v) is 17.1. The smallest absolute Gasteiger partial charge is 0.257 e. The van der Waals surface area contributed by atoms with Crippen molar-refractivity contribution in [3.05, 3.63) is 29.6 Å². The summed E-state index contributed by atoms with van der Waals surface area (Å²) < 4.78 is 18.4. The molecule has 2 N–H and O–H groups in total. The molecule has 0 saturated carbocycles. The van der Waals surface area contributed by atoms with E-state index in [0.29, 0.717) is 39.1 Å². The number of nitrogens with one attached hydrogen (secondary N) is 1. The first-order valence-electron chi connectivity index (χ1n) is 10.1. The van der Waals surface area contributed by atoms with Gasteiger partial charge >= 0.3 is 0 Å². The van der Waals surface area contributed by atoms with Crippen LogP contribution in [0, 0.1) is 11.2 Å². The molecule has 1 aromatic carbocycles. The molecule has 0 aromatic heterocycles. The van der Waals surface area contributed by atoms with E-state index in [4.69, 9.17) is 4.74 Å². The Kier molecular flexibility index (Phi) is 6.74. The fourth-order valence-electron chi connectivity index (χ4n) is 4.58. The Morgan fingerprint density at radius 3 is 2.86 bits per heavy atom. The number of benzene rings is 1. The maximum absolute atomic E-state index is 13.4. The summed E-state index contributed by atoms with van der Waals surface area (Å²) in [6, 6.07) is 3.12. The highest BCUT2D eigenvalue weighted by molar-refractivity contribution is 5.98. The Balaban J connectivity index is 1.85. The first-order chi connectivity index (χ1) is 13.9. The predicted molar refractivity (Wildman–Crippen MR) is 106 cm³/mol. The first-order valence-corrected chi connectivity index (χ1v) is 10.1. The molecule has 8 heteroatoms. The van der Waals surface area contributed by atoms with Crippen molar-refractivity contribution in [3.8, 4) is 5.75 Å².